The van der Waals surface area contributed by atoms with E-state index in [1.54, 1.807) is 30.3 Å². The van der Waals surface area contributed by atoms with E-state index in [2.05, 4.69) is 10.6 Å². The maximum atomic E-state index is 12.9. The van der Waals surface area contributed by atoms with E-state index in [1.807, 2.05) is 30.3 Å². The standard InChI is InChI=1S/C24H17Cl5N2O2/c25-15-8-14(9-16(26)10-15)20-21(24(20,28)29)23(33)31-17-6-7-19(27)18(11-17)22(32)30-12-13-4-2-1-3-5-13/h1-11,20-21H,12H2,(H,30,32)(H,31,33). The smallest absolute Gasteiger partial charge is 0.253 e. The van der Waals surface area contributed by atoms with E-state index >= 15 is 0 Å². The lowest BCUT2D eigenvalue weighted by atomic mass is 10.1. The summed E-state index contributed by atoms with van der Waals surface area (Å²) in [4.78, 5) is 25.6. The van der Waals surface area contributed by atoms with Crippen LogP contribution < -0.4 is 10.6 Å². The van der Waals surface area contributed by atoms with Gasteiger partial charge in [0.1, 0.15) is 4.33 Å². The summed E-state index contributed by atoms with van der Waals surface area (Å²) in [5, 5.41) is 6.71. The molecule has 0 saturated heterocycles. The summed E-state index contributed by atoms with van der Waals surface area (Å²) in [5.41, 5.74) is 2.26. The summed E-state index contributed by atoms with van der Waals surface area (Å²) in [6, 6.07) is 19.1. The summed E-state index contributed by atoms with van der Waals surface area (Å²) in [7, 11) is 0. The number of rotatable bonds is 6. The van der Waals surface area contributed by atoms with Crippen LogP contribution in [0.15, 0.2) is 66.7 Å². The molecule has 9 heteroatoms. The first-order chi connectivity index (χ1) is 15.7. The van der Waals surface area contributed by atoms with Crippen LogP contribution in [0, 0.1) is 5.92 Å². The minimum absolute atomic E-state index is 0.238. The Bertz CT molecular complexity index is 1200. The summed E-state index contributed by atoms with van der Waals surface area (Å²) in [5.74, 6) is -1.94. The van der Waals surface area contributed by atoms with Gasteiger partial charge in [0.2, 0.25) is 5.91 Å². The number of carbonyl (C=O) groups is 2. The molecule has 33 heavy (non-hydrogen) atoms. The third-order valence-electron chi connectivity index (χ3n) is 5.35. The molecule has 1 aliphatic rings. The van der Waals surface area contributed by atoms with Crippen molar-refractivity contribution in [3.63, 3.8) is 0 Å². The van der Waals surface area contributed by atoms with Crippen LogP contribution >= 0.6 is 58.0 Å². The molecule has 0 radical (unpaired) electrons. The third-order valence-corrected chi connectivity index (χ3v) is 7.06. The highest BCUT2D eigenvalue weighted by Crippen LogP contribution is 2.65. The maximum absolute atomic E-state index is 12.9. The van der Waals surface area contributed by atoms with Crippen molar-refractivity contribution in [1.29, 1.82) is 0 Å². The average Bonchev–Trinajstić information content (AvgIpc) is 3.35. The minimum atomic E-state index is -1.31. The Morgan fingerprint density at radius 2 is 1.55 bits per heavy atom. The van der Waals surface area contributed by atoms with Gasteiger partial charge in [0.25, 0.3) is 5.91 Å². The molecule has 3 aromatic rings. The zero-order valence-electron chi connectivity index (χ0n) is 16.9. The summed E-state index contributed by atoms with van der Waals surface area (Å²) >= 11 is 31.2. The number of hydrogen-bond donors (Lipinski definition) is 2. The molecular formula is C24H17Cl5N2O2. The number of carbonyl (C=O) groups excluding carboxylic acids is 2. The Morgan fingerprint density at radius 1 is 0.879 bits per heavy atom. The Hall–Kier alpha value is -1.95. The van der Waals surface area contributed by atoms with Crippen molar-refractivity contribution in [2.24, 2.45) is 5.92 Å². The first-order valence-electron chi connectivity index (χ1n) is 9.93. The Balaban J connectivity index is 1.46. The van der Waals surface area contributed by atoms with Gasteiger partial charge in [-0.1, -0.05) is 65.1 Å². The van der Waals surface area contributed by atoms with E-state index < -0.39 is 16.2 Å². The van der Waals surface area contributed by atoms with Gasteiger partial charge in [-0.15, -0.1) is 23.2 Å². The number of benzene rings is 3. The molecule has 0 spiro atoms. The van der Waals surface area contributed by atoms with E-state index in [0.29, 0.717) is 27.8 Å². The molecule has 4 rings (SSSR count). The molecule has 0 aromatic heterocycles. The molecule has 2 atom stereocenters. The Kier molecular flexibility index (Phi) is 7.13. The maximum Gasteiger partial charge on any atom is 0.253 e. The number of anilines is 1. The summed E-state index contributed by atoms with van der Waals surface area (Å²) in [6.45, 7) is 0.347. The summed E-state index contributed by atoms with van der Waals surface area (Å²) < 4.78 is -1.31. The predicted octanol–water partition coefficient (Wildman–Crippen LogP) is 7.10. The zero-order valence-corrected chi connectivity index (χ0v) is 20.7. The monoisotopic (exact) mass is 540 g/mol. The van der Waals surface area contributed by atoms with Crippen molar-refractivity contribution in [2.45, 2.75) is 16.8 Å². The highest BCUT2D eigenvalue weighted by molar-refractivity contribution is 6.53. The molecule has 0 bridgehead atoms. The van der Waals surface area contributed by atoms with Gasteiger partial charge in [-0.05, 0) is 47.5 Å². The van der Waals surface area contributed by atoms with Gasteiger partial charge in [0.05, 0.1) is 16.5 Å². The van der Waals surface area contributed by atoms with Gasteiger partial charge in [0.15, 0.2) is 0 Å². The molecule has 170 valence electrons. The molecule has 0 aliphatic heterocycles. The Labute approximate surface area is 216 Å². The van der Waals surface area contributed by atoms with Crippen LogP contribution in [0.1, 0.15) is 27.4 Å². The molecular weight excluding hydrogens is 526 g/mol. The molecule has 4 nitrogen and oxygen atoms in total. The summed E-state index contributed by atoms with van der Waals surface area (Å²) in [6.07, 6.45) is 0. The number of amides is 2. The fourth-order valence-electron chi connectivity index (χ4n) is 3.69. The van der Waals surface area contributed by atoms with Gasteiger partial charge in [0, 0.05) is 28.2 Å². The number of alkyl halides is 2. The number of nitrogens with one attached hydrogen (secondary N) is 2. The van der Waals surface area contributed by atoms with Crippen LogP contribution in [0.3, 0.4) is 0 Å². The number of hydrogen-bond acceptors (Lipinski definition) is 2. The van der Waals surface area contributed by atoms with Crippen molar-refractivity contribution in [3.05, 3.63) is 98.5 Å². The molecule has 1 aliphatic carbocycles. The molecule has 2 N–H and O–H groups in total. The molecule has 1 saturated carbocycles. The molecule has 3 aromatic carbocycles. The van der Waals surface area contributed by atoms with Gasteiger partial charge in [-0.3, -0.25) is 9.59 Å². The van der Waals surface area contributed by atoms with Crippen LogP contribution in [0.2, 0.25) is 15.1 Å². The van der Waals surface area contributed by atoms with Crippen molar-refractivity contribution in [3.8, 4) is 0 Å². The van der Waals surface area contributed by atoms with Gasteiger partial charge in [-0.2, -0.15) is 0 Å². The van der Waals surface area contributed by atoms with Crippen LogP contribution in [0.4, 0.5) is 5.69 Å². The zero-order chi connectivity index (χ0) is 23.8. The van der Waals surface area contributed by atoms with Crippen molar-refractivity contribution < 1.29 is 9.59 Å². The highest BCUT2D eigenvalue weighted by Gasteiger charge is 2.67. The second kappa shape index (κ2) is 9.73. The van der Waals surface area contributed by atoms with Gasteiger partial charge < -0.3 is 10.6 Å². The van der Waals surface area contributed by atoms with Crippen molar-refractivity contribution in [1.82, 2.24) is 5.32 Å². The number of halogens is 5. The van der Waals surface area contributed by atoms with E-state index in [4.69, 9.17) is 58.0 Å². The lowest BCUT2D eigenvalue weighted by molar-refractivity contribution is -0.117. The van der Waals surface area contributed by atoms with Crippen LogP contribution in [-0.4, -0.2) is 16.1 Å². The quantitative estimate of drug-likeness (QED) is 0.326. The topological polar surface area (TPSA) is 58.2 Å². The fourth-order valence-corrected chi connectivity index (χ4v) is 5.27. The van der Waals surface area contributed by atoms with E-state index in [9.17, 15) is 9.59 Å². The molecule has 2 amide bonds. The van der Waals surface area contributed by atoms with Crippen molar-refractivity contribution in [2.75, 3.05) is 5.32 Å². The van der Waals surface area contributed by atoms with E-state index in [1.165, 1.54) is 6.07 Å². The van der Waals surface area contributed by atoms with Crippen LogP contribution in [-0.2, 0) is 11.3 Å². The van der Waals surface area contributed by atoms with E-state index in [-0.39, 0.29) is 22.4 Å². The lowest BCUT2D eigenvalue weighted by Crippen LogP contribution is -2.23. The predicted molar refractivity (Wildman–Crippen MR) is 135 cm³/mol. The lowest BCUT2D eigenvalue weighted by Gasteiger charge is -2.10. The Morgan fingerprint density at radius 3 is 2.21 bits per heavy atom. The van der Waals surface area contributed by atoms with Crippen LogP contribution in [0.5, 0.6) is 0 Å². The second-order valence-corrected chi connectivity index (χ2v) is 10.4. The fraction of sp³-hybridized carbons (Fsp3) is 0.167. The average molecular weight is 543 g/mol. The second-order valence-electron chi connectivity index (χ2n) is 7.68. The van der Waals surface area contributed by atoms with Gasteiger partial charge in [-0.25, -0.2) is 0 Å². The van der Waals surface area contributed by atoms with E-state index in [0.717, 1.165) is 5.56 Å². The van der Waals surface area contributed by atoms with Gasteiger partial charge >= 0.3 is 0 Å². The molecule has 0 heterocycles. The first-order valence-corrected chi connectivity index (χ1v) is 11.8. The minimum Gasteiger partial charge on any atom is -0.348 e. The first kappa shape index (κ1) is 24.2. The highest BCUT2D eigenvalue weighted by atomic mass is 35.5. The third kappa shape index (κ3) is 5.42. The molecule has 1 fully saturated rings. The van der Waals surface area contributed by atoms with Crippen molar-refractivity contribution >= 4 is 75.5 Å². The SMILES string of the molecule is O=C(NCc1ccccc1)c1cc(NC(=O)C2C(c3cc(Cl)cc(Cl)c3)C2(Cl)Cl)ccc1Cl. The van der Waals surface area contributed by atoms with Crippen LogP contribution in [0.25, 0.3) is 0 Å². The largest absolute Gasteiger partial charge is 0.348 e. The molecule has 2 unspecified atom stereocenters. The normalized spacial score (nSPS) is 18.5.